The van der Waals surface area contributed by atoms with Gasteiger partial charge < -0.3 is 11.1 Å². The van der Waals surface area contributed by atoms with Gasteiger partial charge in [-0.3, -0.25) is 4.79 Å². The third-order valence-electron chi connectivity index (χ3n) is 2.08. The fourth-order valence-corrected chi connectivity index (χ4v) is 2.32. The fourth-order valence-electron chi connectivity index (χ4n) is 1.28. The van der Waals surface area contributed by atoms with Crippen molar-refractivity contribution in [2.45, 2.75) is 26.2 Å². The van der Waals surface area contributed by atoms with Crippen molar-refractivity contribution < 1.29 is 4.79 Å². The van der Waals surface area contributed by atoms with E-state index in [0.29, 0.717) is 10.6 Å². The molecule has 0 aliphatic rings. The maximum absolute atomic E-state index is 11.6. The number of amides is 1. The summed E-state index contributed by atoms with van der Waals surface area (Å²) in [7, 11) is 1.62. The van der Waals surface area contributed by atoms with Crippen molar-refractivity contribution >= 4 is 22.2 Å². The fraction of sp³-hybridized carbons (Fsp3) is 0.500. The van der Waals surface area contributed by atoms with Crippen molar-refractivity contribution in [3.05, 3.63) is 16.5 Å². The Balaban J connectivity index is 3.26. The molecular weight excluding hydrogens is 196 g/mol. The zero-order chi connectivity index (χ0) is 10.9. The first kappa shape index (κ1) is 11.0. The number of hydrogen-bond acceptors (Lipinski definition) is 3. The van der Waals surface area contributed by atoms with Crippen molar-refractivity contribution in [2.24, 2.45) is 0 Å². The van der Waals surface area contributed by atoms with Crippen molar-refractivity contribution in [1.82, 2.24) is 5.32 Å². The van der Waals surface area contributed by atoms with E-state index < -0.39 is 0 Å². The van der Waals surface area contributed by atoms with Crippen molar-refractivity contribution in [2.75, 3.05) is 12.8 Å². The summed E-state index contributed by atoms with van der Waals surface area (Å²) in [6, 6.07) is 0. The highest BCUT2D eigenvalue weighted by Crippen LogP contribution is 2.34. The molecule has 0 saturated heterocycles. The predicted molar refractivity (Wildman–Crippen MR) is 60.8 cm³/mol. The van der Waals surface area contributed by atoms with Gasteiger partial charge in [0.05, 0.1) is 10.6 Å². The monoisotopic (exact) mass is 212 g/mol. The standard InChI is InChI=1S/C10H16N2OS/c1-10(2,3)6-5-14-8(11)7(6)9(13)12-4/h5H,11H2,1-4H3,(H,12,13). The largest absolute Gasteiger partial charge is 0.390 e. The van der Waals surface area contributed by atoms with Gasteiger partial charge in [0, 0.05) is 7.05 Å². The third-order valence-corrected chi connectivity index (χ3v) is 2.89. The van der Waals surface area contributed by atoms with Crippen LogP contribution in [0, 0.1) is 0 Å². The van der Waals surface area contributed by atoms with Gasteiger partial charge in [-0.05, 0) is 16.4 Å². The minimum Gasteiger partial charge on any atom is -0.390 e. The first-order valence-electron chi connectivity index (χ1n) is 4.47. The molecule has 0 aliphatic carbocycles. The maximum atomic E-state index is 11.6. The number of nitrogen functional groups attached to an aromatic ring is 1. The van der Waals surface area contributed by atoms with Gasteiger partial charge in [0.1, 0.15) is 0 Å². The van der Waals surface area contributed by atoms with Crippen LogP contribution in [0.4, 0.5) is 5.00 Å². The lowest BCUT2D eigenvalue weighted by molar-refractivity contribution is 0.0962. The summed E-state index contributed by atoms with van der Waals surface area (Å²) in [5, 5.41) is 5.16. The topological polar surface area (TPSA) is 55.1 Å². The van der Waals surface area contributed by atoms with Crippen molar-refractivity contribution in [3.63, 3.8) is 0 Å². The Kier molecular flexibility index (Phi) is 2.85. The van der Waals surface area contributed by atoms with Crippen LogP contribution in [-0.2, 0) is 5.41 Å². The molecule has 0 unspecified atom stereocenters. The number of hydrogen-bond donors (Lipinski definition) is 2. The molecule has 4 heteroatoms. The van der Waals surface area contributed by atoms with Gasteiger partial charge in [0.15, 0.2) is 0 Å². The van der Waals surface area contributed by atoms with Crippen LogP contribution in [0.25, 0.3) is 0 Å². The second-order valence-corrected chi connectivity index (χ2v) is 5.13. The number of nitrogens with two attached hydrogens (primary N) is 1. The average Bonchev–Trinajstić information content (AvgIpc) is 2.45. The molecule has 0 aromatic carbocycles. The van der Waals surface area contributed by atoms with Gasteiger partial charge in [-0.1, -0.05) is 20.8 Å². The van der Waals surface area contributed by atoms with E-state index in [0.717, 1.165) is 5.56 Å². The van der Waals surface area contributed by atoms with Crippen LogP contribution in [0.5, 0.6) is 0 Å². The van der Waals surface area contributed by atoms with Gasteiger partial charge in [-0.25, -0.2) is 0 Å². The quantitative estimate of drug-likeness (QED) is 0.748. The van der Waals surface area contributed by atoms with Crippen LogP contribution in [0.3, 0.4) is 0 Å². The number of anilines is 1. The van der Waals surface area contributed by atoms with Gasteiger partial charge in [-0.15, -0.1) is 11.3 Å². The van der Waals surface area contributed by atoms with Gasteiger partial charge in [-0.2, -0.15) is 0 Å². The lowest BCUT2D eigenvalue weighted by Gasteiger charge is -2.19. The highest BCUT2D eigenvalue weighted by molar-refractivity contribution is 7.14. The first-order chi connectivity index (χ1) is 6.38. The second kappa shape index (κ2) is 3.61. The van der Waals surface area contributed by atoms with E-state index in [1.54, 1.807) is 7.05 Å². The molecule has 1 heterocycles. The molecule has 1 amide bonds. The maximum Gasteiger partial charge on any atom is 0.254 e. The Morgan fingerprint density at radius 1 is 1.50 bits per heavy atom. The molecule has 0 fully saturated rings. The van der Waals surface area contributed by atoms with Crippen LogP contribution < -0.4 is 11.1 Å². The molecular formula is C10H16N2OS. The number of carbonyl (C=O) groups is 1. The molecule has 78 valence electrons. The highest BCUT2D eigenvalue weighted by atomic mass is 32.1. The Labute approximate surface area is 88.3 Å². The summed E-state index contributed by atoms with van der Waals surface area (Å²) in [6.07, 6.45) is 0. The van der Waals surface area contributed by atoms with E-state index in [2.05, 4.69) is 26.1 Å². The second-order valence-electron chi connectivity index (χ2n) is 4.22. The molecule has 0 bridgehead atoms. The van der Waals surface area contributed by atoms with Crippen LogP contribution in [0.15, 0.2) is 5.38 Å². The summed E-state index contributed by atoms with van der Waals surface area (Å²) in [5.41, 5.74) is 7.37. The van der Waals surface area contributed by atoms with Crippen molar-refractivity contribution in [3.8, 4) is 0 Å². The summed E-state index contributed by atoms with van der Waals surface area (Å²) < 4.78 is 0. The Hall–Kier alpha value is -1.03. The van der Waals surface area contributed by atoms with E-state index in [9.17, 15) is 4.79 Å². The van der Waals surface area contributed by atoms with E-state index >= 15 is 0 Å². The number of thiophene rings is 1. The average molecular weight is 212 g/mol. The molecule has 0 saturated carbocycles. The Morgan fingerprint density at radius 2 is 2.07 bits per heavy atom. The molecule has 1 aromatic heterocycles. The van der Waals surface area contributed by atoms with Crippen LogP contribution >= 0.6 is 11.3 Å². The van der Waals surface area contributed by atoms with E-state index in [4.69, 9.17) is 5.73 Å². The van der Waals surface area contributed by atoms with Crippen LogP contribution in [0.1, 0.15) is 36.7 Å². The van der Waals surface area contributed by atoms with Gasteiger partial charge in [0.2, 0.25) is 0 Å². The number of nitrogens with one attached hydrogen (secondary N) is 1. The summed E-state index contributed by atoms with van der Waals surface area (Å²) >= 11 is 1.42. The molecule has 3 N–H and O–H groups in total. The van der Waals surface area contributed by atoms with E-state index in [1.807, 2.05) is 5.38 Å². The van der Waals surface area contributed by atoms with Crippen LogP contribution in [-0.4, -0.2) is 13.0 Å². The highest BCUT2D eigenvalue weighted by Gasteiger charge is 2.24. The Morgan fingerprint density at radius 3 is 2.50 bits per heavy atom. The van der Waals surface area contributed by atoms with E-state index in [1.165, 1.54) is 11.3 Å². The molecule has 0 radical (unpaired) electrons. The third kappa shape index (κ3) is 1.90. The SMILES string of the molecule is CNC(=O)c1c(C(C)(C)C)csc1N. The first-order valence-corrected chi connectivity index (χ1v) is 5.35. The molecule has 14 heavy (non-hydrogen) atoms. The minimum absolute atomic E-state index is 0.0457. The van der Waals surface area contributed by atoms with Gasteiger partial charge >= 0.3 is 0 Å². The van der Waals surface area contributed by atoms with Crippen molar-refractivity contribution in [1.29, 1.82) is 0 Å². The summed E-state index contributed by atoms with van der Waals surface area (Å²) in [5.74, 6) is -0.103. The number of rotatable bonds is 1. The molecule has 3 nitrogen and oxygen atoms in total. The number of carbonyl (C=O) groups excluding carboxylic acids is 1. The zero-order valence-corrected chi connectivity index (χ0v) is 9.79. The molecule has 1 rings (SSSR count). The smallest absolute Gasteiger partial charge is 0.254 e. The Bertz CT molecular complexity index is 349. The summed E-state index contributed by atoms with van der Waals surface area (Å²) in [6.45, 7) is 6.21. The van der Waals surface area contributed by atoms with Crippen LogP contribution in [0.2, 0.25) is 0 Å². The van der Waals surface area contributed by atoms with E-state index in [-0.39, 0.29) is 11.3 Å². The zero-order valence-electron chi connectivity index (χ0n) is 8.97. The lowest BCUT2D eigenvalue weighted by atomic mass is 9.86. The molecule has 0 aliphatic heterocycles. The predicted octanol–water partition coefficient (Wildman–Crippen LogP) is 1.99. The molecule has 1 aromatic rings. The van der Waals surface area contributed by atoms with Gasteiger partial charge in [0.25, 0.3) is 5.91 Å². The molecule has 0 atom stereocenters. The lowest BCUT2D eigenvalue weighted by Crippen LogP contribution is -2.23. The summed E-state index contributed by atoms with van der Waals surface area (Å²) in [4.78, 5) is 11.6. The normalized spacial score (nSPS) is 11.4. The minimum atomic E-state index is -0.103. The molecule has 0 spiro atoms.